The minimum absolute atomic E-state index is 0.166. The summed E-state index contributed by atoms with van der Waals surface area (Å²) in [5.74, 6) is -0.247. The number of alkyl halides is 3. The molecule has 1 atom stereocenters. The van der Waals surface area contributed by atoms with Crippen LogP contribution >= 0.6 is 0 Å². The highest BCUT2D eigenvalue weighted by Gasteiger charge is 2.33. The van der Waals surface area contributed by atoms with Gasteiger partial charge in [0.15, 0.2) is 11.3 Å². The number of pyridine rings is 1. The van der Waals surface area contributed by atoms with Crippen molar-refractivity contribution in [2.24, 2.45) is 7.05 Å². The molecule has 1 unspecified atom stereocenters. The standard InChI is InChI=1S/C22H19F3N6O2/c1-29-20(32)16-7-3-2-6-15(16)18(28-29)21(33)30-10-4-5-13(11-30)19-27-26-17-9-8-14(12-31(17)19)22(23,24)25/h2-3,6-9,12-13H,4-5,10-11H2,1H3. The fourth-order valence-electron chi connectivity index (χ4n) is 4.33. The zero-order chi connectivity index (χ0) is 23.3. The van der Waals surface area contributed by atoms with E-state index in [1.165, 1.54) is 17.5 Å². The van der Waals surface area contributed by atoms with Gasteiger partial charge in [-0.2, -0.15) is 18.3 Å². The molecule has 0 aliphatic carbocycles. The second kappa shape index (κ2) is 7.68. The Morgan fingerprint density at radius 2 is 1.85 bits per heavy atom. The number of aromatic nitrogens is 5. The van der Waals surface area contributed by atoms with Gasteiger partial charge < -0.3 is 4.90 Å². The molecular formula is C22H19F3N6O2. The van der Waals surface area contributed by atoms with Crippen LogP contribution in [0.3, 0.4) is 0 Å². The van der Waals surface area contributed by atoms with E-state index in [2.05, 4.69) is 15.3 Å². The molecule has 5 rings (SSSR count). The van der Waals surface area contributed by atoms with Crippen LogP contribution in [-0.4, -0.2) is 48.3 Å². The predicted molar refractivity (Wildman–Crippen MR) is 113 cm³/mol. The van der Waals surface area contributed by atoms with Crippen LogP contribution in [0, 0.1) is 0 Å². The topological polar surface area (TPSA) is 85.4 Å². The van der Waals surface area contributed by atoms with Crippen LogP contribution in [0.1, 0.15) is 40.6 Å². The number of benzene rings is 1. The average Bonchev–Trinajstić information content (AvgIpc) is 3.24. The zero-order valence-electron chi connectivity index (χ0n) is 17.6. The number of carbonyl (C=O) groups is 1. The summed E-state index contributed by atoms with van der Waals surface area (Å²) in [6, 6.07) is 9.05. The molecule has 1 amide bonds. The first-order valence-corrected chi connectivity index (χ1v) is 10.4. The van der Waals surface area contributed by atoms with E-state index >= 15 is 0 Å². The number of piperidine rings is 1. The van der Waals surface area contributed by atoms with Gasteiger partial charge in [0.1, 0.15) is 5.82 Å². The van der Waals surface area contributed by atoms with E-state index < -0.39 is 11.7 Å². The number of fused-ring (bicyclic) bond motifs is 2. The van der Waals surface area contributed by atoms with Crippen molar-refractivity contribution < 1.29 is 18.0 Å². The third-order valence-corrected chi connectivity index (χ3v) is 5.99. The third-order valence-electron chi connectivity index (χ3n) is 5.99. The van der Waals surface area contributed by atoms with Gasteiger partial charge in [-0.05, 0) is 31.0 Å². The van der Waals surface area contributed by atoms with Crippen molar-refractivity contribution in [1.82, 2.24) is 29.3 Å². The van der Waals surface area contributed by atoms with Crippen LogP contribution in [0.15, 0.2) is 47.4 Å². The molecule has 0 radical (unpaired) electrons. The van der Waals surface area contributed by atoms with Crippen molar-refractivity contribution in [2.75, 3.05) is 13.1 Å². The molecule has 1 aromatic carbocycles. The monoisotopic (exact) mass is 456 g/mol. The molecule has 3 aromatic heterocycles. The molecule has 0 saturated carbocycles. The van der Waals surface area contributed by atoms with E-state index in [-0.39, 0.29) is 29.6 Å². The van der Waals surface area contributed by atoms with Crippen molar-refractivity contribution >= 4 is 22.3 Å². The summed E-state index contributed by atoms with van der Waals surface area (Å²) in [6.45, 7) is 0.730. The van der Waals surface area contributed by atoms with E-state index in [0.29, 0.717) is 41.6 Å². The van der Waals surface area contributed by atoms with Gasteiger partial charge in [0.25, 0.3) is 11.5 Å². The number of amides is 1. The molecule has 1 aliphatic rings. The molecule has 0 spiro atoms. The van der Waals surface area contributed by atoms with Gasteiger partial charge >= 0.3 is 6.18 Å². The first-order chi connectivity index (χ1) is 15.7. The number of carbonyl (C=O) groups excluding carboxylic acids is 1. The predicted octanol–water partition coefficient (Wildman–Crippen LogP) is 3.01. The lowest BCUT2D eigenvalue weighted by molar-refractivity contribution is -0.137. The minimum Gasteiger partial charge on any atom is -0.337 e. The van der Waals surface area contributed by atoms with Gasteiger partial charge in [-0.25, -0.2) is 4.68 Å². The Morgan fingerprint density at radius 1 is 1.09 bits per heavy atom. The van der Waals surface area contributed by atoms with Crippen molar-refractivity contribution in [3.8, 4) is 0 Å². The molecule has 1 aliphatic heterocycles. The van der Waals surface area contributed by atoms with Crippen molar-refractivity contribution in [2.45, 2.75) is 24.9 Å². The third kappa shape index (κ3) is 3.62. The van der Waals surface area contributed by atoms with E-state index in [0.717, 1.165) is 16.9 Å². The summed E-state index contributed by atoms with van der Waals surface area (Å²) in [6.07, 6.45) is -2.19. The van der Waals surface area contributed by atoms with Crippen molar-refractivity contribution in [1.29, 1.82) is 0 Å². The van der Waals surface area contributed by atoms with Crippen LogP contribution in [0.2, 0.25) is 0 Å². The van der Waals surface area contributed by atoms with Crippen LogP contribution in [-0.2, 0) is 13.2 Å². The van der Waals surface area contributed by atoms with Gasteiger partial charge in [0.2, 0.25) is 0 Å². The van der Waals surface area contributed by atoms with Crippen LogP contribution < -0.4 is 5.56 Å². The largest absolute Gasteiger partial charge is 0.417 e. The maximum Gasteiger partial charge on any atom is 0.417 e. The maximum atomic E-state index is 13.4. The minimum atomic E-state index is -4.49. The number of hydrogen-bond donors (Lipinski definition) is 0. The van der Waals surface area contributed by atoms with Crippen LogP contribution in [0.25, 0.3) is 16.4 Å². The Bertz CT molecular complexity index is 1440. The Kier molecular flexibility index (Phi) is 4.91. The molecule has 4 aromatic rings. The molecular weight excluding hydrogens is 437 g/mol. The second-order valence-electron chi connectivity index (χ2n) is 8.12. The molecule has 0 bridgehead atoms. The quantitative estimate of drug-likeness (QED) is 0.463. The fraction of sp³-hybridized carbons (Fsp3) is 0.318. The Morgan fingerprint density at radius 3 is 2.61 bits per heavy atom. The Balaban J connectivity index is 1.49. The van der Waals surface area contributed by atoms with Crippen LogP contribution in [0.5, 0.6) is 0 Å². The van der Waals surface area contributed by atoms with E-state index in [9.17, 15) is 22.8 Å². The highest BCUT2D eigenvalue weighted by molar-refractivity contribution is 6.04. The van der Waals surface area contributed by atoms with Gasteiger partial charge in [-0.1, -0.05) is 18.2 Å². The molecule has 1 saturated heterocycles. The number of rotatable bonds is 2. The van der Waals surface area contributed by atoms with Crippen molar-refractivity contribution in [3.63, 3.8) is 0 Å². The number of aryl methyl sites for hydroxylation is 1. The normalized spacial score (nSPS) is 17.1. The molecule has 4 heterocycles. The second-order valence-corrected chi connectivity index (χ2v) is 8.12. The molecule has 170 valence electrons. The molecule has 8 nitrogen and oxygen atoms in total. The lowest BCUT2D eigenvalue weighted by Gasteiger charge is -2.32. The fourth-order valence-corrected chi connectivity index (χ4v) is 4.33. The summed E-state index contributed by atoms with van der Waals surface area (Å²) < 4.78 is 42.1. The lowest BCUT2D eigenvalue weighted by atomic mass is 9.96. The number of likely N-dealkylation sites (tertiary alicyclic amines) is 1. The summed E-state index contributed by atoms with van der Waals surface area (Å²) in [5.41, 5.74) is -0.610. The Hall–Kier alpha value is -3.76. The molecule has 33 heavy (non-hydrogen) atoms. The smallest absolute Gasteiger partial charge is 0.337 e. The highest BCUT2D eigenvalue weighted by atomic mass is 19.4. The summed E-state index contributed by atoms with van der Waals surface area (Å²) in [7, 11) is 1.49. The number of nitrogens with zero attached hydrogens (tertiary/aromatic N) is 6. The lowest BCUT2D eigenvalue weighted by Crippen LogP contribution is -2.40. The average molecular weight is 456 g/mol. The summed E-state index contributed by atoms with van der Waals surface area (Å²) in [5, 5.41) is 13.2. The maximum absolute atomic E-state index is 13.4. The first kappa shape index (κ1) is 21.1. The Labute approximate surface area is 185 Å². The highest BCUT2D eigenvalue weighted by Crippen LogP contribution is 2.32. The number of halogens is 3. The number of hydrogen-bond acceptors (Lipinski definition) is 5. The zero-order valence-corrected chi connectivity index (χ0v) is 17.6. The van der Waals surface area contributed by atoms with Crippen LogP contribution in [0.4, 0.5) is 13.2 Å². The van der Waals surface area contributed by atoms with E-state index in [1.54, 1.807) is 29.2 Å². The van der Waals surface area contributed by atoms with Crippen molar-refractivity contribution in [3.05, 3.63) is 70.0 Å². The van der Waals surface area contributed by atoms with Gasteiger partial charge in [-0.15, -0.1) is 10.2 Å². The molecule has 0 N–H and O–H groups in total. The summed E-state index contributed by atoms with van der Waals surface area (Å²) >= 11 is 0. The van der Waals surface area contributed by atoms with Gasteiger partial charge in [0.05, 0.1) is 10.9 Å². The molecule has 1 fully saturated rings. The van der Waals surface area contributed by atoms with Gasteiger partial charge in [0, 0.05) is 37.6 Å². The van der Waals surface area contributed by atoms with Gasteiger partial charge in [-0.3, -0.25) is 14.0 Å². The SMILES string of the molecule is Cn1nc(C(=O)N2CCCC(c3nnc4ccc(C(F)(F)F)cn34)C2)c2ccccc2c1=O. The van der Waals surface area contributed by atoms with E-state index in [4.69, 9.17) is 0 Å². The summed E-state index contributed by atoms with van der Waals surface area (Å²) in [4.78, 5) is 27.4. The van der Waals surface area contributed by atoms with E-state index in [1.807, 2.05) is 0 Å². The molecule has 11 heteroatoms. The first-order valence-electron chi connectivity index (χ1n) is 10.4.